The predicted molar refractivity (Wildman–Crippen MR) is 169 cm³/mol. The van der Waals surface area contributed by atoms with Crippen LogP contribution in [0.5, 0.6) is 6.01 Å². The summed E-state index contributed by atoms with van der Waals surface area (Å²) >= 11 is 0. The van der Waals surface area contributed by atoms with Crippen molar-refractivity contribution in [2.45, 2.75) is 57.3 Å². The fourth-order valence-electron chi connectivity index (χ4n) is 6.32. The normalized spacial score (nSPS) is 18.8. The number of hydrogen-bond donors (Lipinski definition) is 2. The first-order chi connectivity index (χ1) is 21.9. The number of H-pyrrole nitrogens is 1. The molecule has 2 aromatic carbocycles. The fourth-order valence-corrected chi connectivity index (χ4v) is 6.32. The Bertz CT molecular complexity index is 1750. The Morgan fingerprint density at radius 1 is 1.13 bits per heavy atom. The lowest BCUT2D eigenvalue weighted by atomic mass is 10.0. The van der Waals surface area contributed by atoms with E-state index < -0.39 is 6.09 Å². The van der Waals surface area contributed by atoms with Gasteiger partial charge in [-0.1, -0.05) is 36.4 Å². The van der Waals surface area contributed by atoms with E-state index >= 15 is 0 Å². The van der Waals surface area contributed by atoms with Gasteiger partial charge in [0.25, 0.3) is 0 Å². The number of benzene rings is 2. The molecule has 12 heteroatoms. The average molecular weight is 608 g/mol. The molecule has 0 unspecified atom stereocenters. The molecule has 4 heterocycles. The first-order valence-corrected chi connectivity index (χ1v) is 15.5. The van der Waals surface area contributed by atoms with Gasteiger partial charge in [-0.3, -0.25) is 5.10 Å². The second kappa shape index (κ2) is 11.9. The number of nitrogens with zero attached hydrogens (tertiary/aromatic N) is 7. The molecule has 3 N–H and O–H groups in total. The molecule has 232 valence electrons. The molecule has 3 aliphatic rings. The monoisotopic (exact) mass is 607 g/mol. The molecule has 1 saturated carbocycles. The van der Waals surface area contributed by atoms with Gasteiger partial charge in [-0.15, -0.1) is 0 Å². The van der Waals surface area contributed by atoms with E-state index in [2.05, 4.69) is 45.1 Å². The molecule has 45 heavy (non-hydrogen) atoms. The number of nitrogens with one attached hydrogen (secondary N) is 1. The first kappa shape index (κ1) is 28.9. The minimum absolute atomic E-state index is 0.185. The van der Waals surface area contributed by atoms with Crippen molar-refractivity contribution < 1.29 is 14.3 Å². The van der Waals surface area contributed by atoms with E-state index in [1.165, 1.54) is 5.56 Å². The number of hydrogen-bond acceptors (Lipinski definition) is 10. The molecule has 2 aliphatic heterocycles. The summed E-state index contributed by atoms with van der Waals surface area (Å²) in [7, 11) is 0. The molecule has 1 saturated heterocycles. The zero-order valence-corrected chi connectivity index (χ0v) is 25.4. The smallest absolute Gasteiger partial charge is 0.410 e. The van der Waals surface area contributed by atoms with Crippen LogP contribution < -0.4 is 20.3 Å². The molecular weight excluding hydrogens is 570 g/mol. The zero-order chi connectivity index (χ0) is 31.0. The summed E-state index contributed by atoms with van der Waals surface area (Å²) in [4.78, 5) is 29.2. The lowest BCUT2D eigenvalue weighted by Gasteiger charge is -2.42. The number of ether oxygens (including phenoxy) is 2. The van der Waals surface area contributed by atoms with Gasteiger partial charge < -0.3 is 29.9 Å². The van der Waals surface area contributed by atoms with E-state index in [-0.39, 0.29) is 24.6 Å². The van der Waals surface area contributed by atoms with Crippen LogP contribution in [0.15, 0.2) is 48.7 Å². The maximum absolute atomic E-state index is 13.1. The van der Waals surface area contributed by atoms with E-state index in [4.69, 9.17) is 25.2 Å². The van der Waals surface area contributed by atoms with Gasteiger partial charge in [0.05, 0.1) is 53.7 Å². The molecule has 1 atom stereocenters. The second-order valence-corrected chi connectivity index (χ2v) is 12.3. The number of anilines is 2. The number of aromatic nitrogens is 4. The molecular formula is C33H37N9O3. The SMILES string of the molecule is Cc1ccc2[nH]ncc2c1N1CCc2c(nc(OCC3(N)CC3)nc2N2CCN(C(=O)OCc3ccccc3)[C@@H](CC#N)C2)C1. The van der Waals surface area contributed by atoms with Gasteiger partial charge in [-0.2, -0.15) is 20.3 Å². The van der Waals surface area contributed by atoms with Crippen molar-refractivity contribution in [3.63, 3.8) is 0 Å². The third-order valence-electron chi connectivity index (χ3n) is 9.07. The van der Waals surface area contributed by atoms with Gasteiger partial charge in [-0.05, 0) is 43.4 Å². The number of piperazine rings is 1. The minimum atomic E-state index is -0.412. The van der Waals surface area contributed by atoms with Crippen LogP contribution in [0.2, 0.25) is 0 Å². The van der Waals surface area contributed by atoms with Crippen molar-refractivity contribution in [3.05, 3.63) is 71.0 Å². The number of amides is 1. The van der Waals surface area contributed by atoms with E-state index in [1.807, 2.05) is 36.5 Å². The Morgan fingerprint density at radius 2 is 1.98 bits per heavy atom. The van der Waals surface area contributed by atoms with Crippen molar-refractivity contribution in [3.8, 4) is 12.1 Å². The summed E-state index contributed by atoms with van der Waals surface area (Å²) in [5.74, 6) is 0.801. The van der Waals surface area contributed by atoms with Gasteiger partial charge in [-0.25, -0.2) is 4.79 Å². The van der Waals surface area contributed by atoms with E-state index in [9.17, 15) is 10.1 Å². The topological polar surface area (TPSA) is 150 Å². The van der Waals surface area contributed by atoms with Crippen LogP contribution >= 0.6 is 0 Å². The highest BCUT2D eigenvalue weighted by Gasteiger charge is 2.40. The maximum Gasteiger partial charge on any atom is 0.410 e. The van der Waals surface area contributed by atoms with E-state index in [0.29, 0.717) is 38.8 Å². The second-order valence-electron chi connectivity index (χ2n) is 12.3. The van der Waals surface area contributed by atoms with Crippen LogP contribution in [0, 0.1) is 18.3 Å². The Morgan fingerprint density at radius 3 is 2.78 bits per heavy atom. The van der Waals surface area contributed by atoms with Gasteiger partial charge in [0.2, 0.25) is 0 Å². The molecule has 2 aromatic heterocycles. The Labute approximate surface area is 261 Å². The standard InChI is InChI=1S/C33H37N9O3/c1-22-7-8-27-26(17-36-39-27)29(22)40-14-10-25-28(19-40)37-31(45-21-33(35)11-12-33)38-30(25)41-15-16-42(24(18-41)9-13-34)32(43)44-20-23-5-3-2-4-6-23/h2-8,17,24H,9-12,14-16,18-21,35H2,1H3,(H,36,39)/t24-/m0/s1. The van der Waals surface area contributed by atoms with Crippen LogP contribution in [-0.4, -0.2) is 75.5 Å². The van der Waals surface area contributed by atoms with Crippen LogP contribution in [0.25, 0.3) is 10.9 Å². The summed E-state index contributed by atoms with van der Waals surface area (Å²) in [6.07, 6.45) is 4.23. The summed E-state index contributed by atoms with van der Waals surface area (Å²) in [5.41, 5.74) is 12.2. The number of nitriles is 1. The van der Waals surface area contributed by atoms with Crippen molar-refractivity contribution >= 4 is 28.5 Å². The van der Waals surface area contributed by atoms with Crippen LogP contribution in [0.1, 0.15) is 41.6 Å². The van der Waals surface area contributed by atoms with Gasteiger partial charge >= 0.3 is 12.1 Å². The summed E-state index contributed by atoms with van der Waals surface area (Å²) in [6, 6.07) is 16.0. The number of fused-ring (bicyclic) bond motifs is 2. The third-order valence-corrected chi connectivity index (χ3v) is 9.07. The van der Waals surface area contributed by atoms with Crippen molar-refractivity contribution in [2.75, 3.05) is 42.6 Å². The number of carbonyl (C=O) groups is 1. The molecule has 0 bridgehead atoms. The molecule has 1 aliphatic carbocycles. The van der Waals surface area contributed by atoms with Crippen LogP contribution in [-0.2, 0) is 24.3 Å². The van der Waals surface area contributed by atoms with Gasteiger partial charge in [0, 0.05) is 37.1 Å². The van der Waals surface area contributed by atoms with Gasteiger partial charge in [0.1, 0.15) is 19.0 Å². The third kappa shape index (κ3) is 5.95. The number of rotatable bonds is 8. The van der Waals surface area contributed by atoms with Crippen LogP contribution in [0.4, 0.5) is 16.3 Å². The molecule has 2 fully saturated rings. The maximum atomic E-state index is 13.1. The Hall–Kier alpha value is -4.89. The van der Waals surface area contributed by atoms with E-state index in [0.717, 1.165) is 65.0 Å². The lowest BCUT2D eigenvalue weighted by molar-refractivity contribution is 0.0767. The van der Waals surface area contributed by atoms with Crippen molar-refractivity contribution in [2.24, 2.45) is 5.73 Å². The largest absolute Gasteiger partial charge is 0.461 e. The molecule has 12 nitrogen and oxygen atoms in total. The number of carbonyl (C=O) groups excluding carboxylic acids is 1. The zero-order valence-electron chi connectivity index (χ0n) is 25.4. The molecule has 4 aromatic rings. The Balaban J connectivity index is 1.15. The molecule has 7 rings (SSSR count). The Kier molecular flexibility index (Phi) is 7.63. The number of aryl methyl sites for hydroxylation is 1. The summed E-state index contributed by atoms with van der Waals surface area (Å²) in [5, 5.41) is 18.1. The quantitative estimate of drug-likeness (QED) is 0.303. The summed E-state index contributed by atoms with van der Waals surface area (Å²) in [6.45, 7) is 5.45. The fraction of sp³-hybridized carbons (Fsp3) is 0.424. The number of nitrogens with two attached hydrogens (primary N) is 1. The highest BCUT2D eigenvalue weighted by molar-refractivity contribution is 5.93. The number of aromatic amines is 1. The molecule has 0 radical (unpaired) electrons. The van der Waals surface area contributed by atoms with Gasteiger partial charge in [0.15, 0.2) is 0 Å². The van der Waals surface area contributed by atoms with Crippen molar-refractivity contribution in [1.29, 1.82) is 5.26 Å². The van der Waals surface area contributed by atoms with E-state index in [1.54, 1.807) is 4.90 Å². The summed E-state index contributed by atoms with van der Waals surface area (Å²) < 4.78 is 11.8. The van der Waals surface area contributed by atoms with Crippen LogP contribution in [0.3, 0.4) is 0 Å². The lowest BCUT2D eigenvalue weighted by Crippen LogP contribution is -2.55. The molecule has 1 amide bonds. The first-order valence-electron chi connectivity index (χ1n) is 15.5. The highest BCUT2D eigenvalue weighted by Crippen LogP contribution is 2.37. The van der Waals surface area contributed by atoms with Crippen molar-refractivity contribution in [1.82, 2.24) is 25.1 Å². The predicted octanol–water partition coefficient (Wildman–Crippen LogP) is 3.84. The average Bonchev–Trinajstić information content (AvgIpc) is 3.61. The minimum Gasteiger partial charge on any atom is -0.461 e. The molecule has 0 spiro atoms. The highest BCUT2D eigenvalue weighted by atomic mass is 16.6.